The van der Waals surface area contributed by atoms with Gasteiger partial charge in [0.25, 0.3) is 5.56 Å². The van der Waals surface area contributed by atoms with E-state index in [0.29, 0.717) is 24.5 Å². The van der Waals surface area contributed by atoms with Gasteiger partial charge in [0.2, 0.25) is 0 Å². The highest BCUT2D eigenvalue weighted by Crippen LogP contribution is 2.33. The van der Waals surface area contributed by atoms with E-state index in [1.54, 1.807) is 6.20 Å². The molecule has 0 saturated heterocycles. The number of aryl methyl sites for hydroxylation is 1. The first-order chi connectivity index (χ1) is 11.7. The third-order valence-electron chi connectivity index (χ3n) is 3.80. The van der Waals surface area contributed by atoms with Crippen molar-refractivity contribution in [3.8, 4) is 10.4 Å². The third kappa shape index (κ3) is 2.27. The molecule has 4 rings (SSSR count). The molecule has 0 aliphatic rings. The maximum atomic E-state index is 12.1. The second-order valence-corrected chi connectivity index (χ2v) is 6.48. The van der Waals surface area contributed by atoms with Gasteiger partial charge in [-0.15, -0.1) is 11.3 Å². The second kappa shape index (κ2) is 5.73. The van der Waals surface area contributed by atoms with Crippen LogP contribution in [0.2, 0.25) is 0 Å². The number of hydrogen-bond donors (Lipinski definition) is 3. The molecule has 4 aromatic heterocycles. The van der Waals surface area contributed by atoms with Gasteiger partial charge in [0.1, 0.15) is 10.3 Å². The minimum atomic E-state index is -0.107. The molecule has 8 heteroatoms. The third-order valence-corrected chi connectivity index (χ3v) is 4.94. The highest BCUT2D eigenvalue weighted by atomic mass is 32.1. The van der Waals surface area contributed by atoms with Gasteiger partial charge in [-0.25, -0.2) is 9.97 Å². The summed E-state index contributed by atoms with van der Waals surface area (Å²) in [4.78, 5) is 25.8. The molecule has 0 fully saturated rings. The van der Waals surface area contributed by atoms with Gasteiger partial charge >= 0.3 is 0 Å². The van der Waals surface area contributed by atoms with Gasteiger partial charge in [0, 0.05) is 36.1 Å². The Morgan fingerprint density at radius 3 is 3.12 bits per heavy atom. The van der Waals surface area contributed by atoms with E-state index in [4.69, 9.17) is 5.73 Å². The lowest BCUT2D eigenvalue weighted by molar-refractivity contribution is 1.01. The molecular weight excluding hydrogens is 324 g/mol. The Bertz CT molecular complexity index is 1090. The van der Waals surface area contributed by atoms with Gasteiger partial charge in [-0.3, -0.25) is 9.20 Å². The van der Waals surface area contributed by atoms with Crippen molar-refractivity contribution < 1.29 is 0 Å². The molecule has 0 bridgehead atoms. The van der Waals surface area contributed by atoms with Crippen molar-refractivity contribution in [2.24, 2.45) is 5.73 Å². The topological polar surface area (TPSA) is 101 Å². The van der Waals surface area contributed by atoms with Gasteiger partial charge in [-0.1, -0.05) is 0 Å². The number of H-pyrrole nitrogens is 1. The lowest BCUT2D eigenvalue weighted by Gasteiger charge is -2.07. The molecule has 0 atom stereocenters. The molecule has 0 radical (unpaired) electrons. The van der Waals surface area contributed by atoms with Crippen molar-refractivity contribution in [3.63, 3.8) is 0 Å². The SMILES string of the molecule is Cc1cnc2c(NCCN)nc3cc(-c4ccc[nH]c4=O)sc3n12. The van der Waals surface area contributed by atoms with Crippen LogP contribution >= 0.6 is 11.3 Å². The number of thiophene rings is 1. The minimum absolute atomic E-state index is 0.107. The van der Waals surface area contributed by atoms with Gasteiger partial charge in [0.05, 0.1) is 5.56 Å². The van der Waals surface area contributed by atoms with E-state index in [1.165, 1.54) is 11.3 Å². The fraction of sp³-hybridized carbons (Fsp3) is 0.188. The number of nitrogens with two attached hydrogens (primary N) is 1. The highest BCUT2D eigenvalue weighted by Gasteiger charge is 2.16. The number of anilines is 1. The summed E-state index contributed by atoms with van der Waals surface area (Å²) in [5, 5.41) is 3.22. The molecule has 0 aliphatic heterocycles. The molecule has 0 amide bonds. The quantitative estimate of drug-likeness (QED) is 0.527. The molecule has 0 saturated carbocycles. The summed E-state index contributed by atoms with van der Waals surface area (Å²) in [5.74, 6) is 0.701. The van der Waals surface area contributed by atoms with E-state index >= 15 is 0 Å². The first-order valence-corrected chi connectivity index (χ1v) is 8.40. The molecule has 0 unspecified atom stereocenters. The van der Waals surface area contributed by atoms with E-state index < -0.39 is 0 Å². The number of nitrogens with one attached hydrogen (secondary N) is 2. The molecular formula is C16H16N6OS. The second-order valence-electron chi connectivity index (χ2n) is 5.45. The van der Waals surface area contributed by atoms with Gasteiger partial charge < -0.3 is 16.0 Å². The number of rotatable bonds is 4. The normalized spacial score (nSPS) is 11.4. The maximum Gasteiger partial charge on any atom is 0.256 e. The number of nitrogens with zero attached hydrogens (tertiary/aromatic N) is 3. The first-order valence-electron chi connectivity index (χ1n) is 7.58. The standard InChI is InChI=1S/C16H16N6OS/c1-9-8-20-14-13(18-6-4-17)21-11-7-12(24-16(11)22(9)14)10-3-2-5-19-15(10)23/h2-3,5,7-8H,4,6,17H2,1H3,(H,18,21)(H,19,23). The van der Waals surface area contributed by atoms with Crippen LogP contribution in [0.25, 0.3) is 26.4 Å². The molecule has 4 N–H and O–H groups in total. The summed E-state index contributed by atoms with van der Waals surface area (Å²) in [5.41, 5.74) is 8.73. The Balaban J connectivity index is 1.99. The maximum absolute atomic E-state index is 12.1. The predicted molar refractivity (Wildman–Crippen MR) is 96.7 cm³/mol. The zero-order chi connectivity index (χ0) is 16.7. The Hall–Kier alpha value is -2.71. The first kappa shape index (κ1) is 14.9. The molecule has 0 aliphatic carbocycles. The average Bonchev–Trinajstić information content (AvgIpc) is 3.16. The predicted octanol–water partition coefficient (Wildman–Crippen LogP) is 1.98. The molecule has 4 aromatic rings. The summed E-state index contributed by atoms with van der Waals surface area (Å²) in [7, 11) is 0. The molecule has 24 heavy (non-hydrogen) atoms. The largest absolute Gasteiger partial charge is 0.366 e. The zero-order valence-electron chi connectivity index (χ0n) is 13.0. The number of aromatic nitrogens is 4. The van der Waals surface area contributed by atoms with E-state index in [0.717, 1.165) is 26.6 Å². The zero-order valence-corrected chi connectivity index (χ0v) is 13.9. The van der Waals surface area contributed by atoms with Crippen LogP contribution in [0.4, 0.5) is 5.82 Å². The fourth-order valence-corrected chi connectivity index (χ4v) is 3.88. The van der Waals surface area contributed by atoms with E-state index in [2.05, 4.69) is 24.7 Å². The summed E-state index contributed by atoms with van der Waals surface area (Å²) >= 11 is 1.53. The van der Waals surface area contributed by atoms with Gasteiger partial charge in [0.15, 0.2) is 11.5 Å². The number of hydrogen-bond acceptors (Lipinski definition) is 6. The summed E-state index contributed by atoms with van der Waals surface area (Å²) in [6.07, 6.45) is 3.45. The Labute approximate surface area is 141 Å². The Kier molecular flexibility index (Phi) is 3.55. The van der Waals surface area contributed by atoms with Crippen molar-refractivity contribution in [2.45, 2.75) is 6.92 Å². The van der Waals surface area contributed by atoms with Crippen LogP contribution < -0.4 is 16.6 Å². The summed E-state index contributed by atoms with van der Waals surface area (Å²) in [6, 6.07) is 5.58. The van der Waals surface area contributed by atoms with Crippen LogP contribution in [0.1, 0.15) is 5.69 Å². The van der Waals surface area contributed by atoms with Crippen LogP contribution in [0.5, 0.6) is 0 Å². The van der Waals surface area contributed by atoms with Crippen molar-refractivity contribution >= 4 is 33.1 Å². The average molecular weight is 340 g/mol. The van der Waals surface area contributed by atoms with Crippen LogP contribution in [0.3, 0.4) is 0 Å². The van der Waals surface area contributed by atoms with Crippen molar-refractivity contribution in [3.05, 3.63) is 46.6 Å². The van der Waals surface area contributed by atoms with Gasteiger partial charge in [-0.05, 0) is 25.1 Å². The smallest absolute Gasteiger partial charge is 0.256 e. The van der Waals surface area contributed by atoms with Crippen molar-refractivity contribution in [1.82, 2.24) is 19.4 Å². The highest BCUT2D eigenvalue weighted by molar-refractivity contribution is 7.21. The molecule has 7 nitrogen and oxygen atoms in total. The van der Waals surface area contributed by atoms with E-state index in [-0.39, 0.29) is 5.56 Å². The van der Waals surface area contributed by atoms with Crippen molar-refractivity contribution in [2.75, 3.05) is 18.4 Å². The van der Waals surface area contributed by atoms with Crippen LogP contribution in [0.15, 0.2) is 35.4 Å². The molecule has 122 valence electrons. The number of imidazole rings is 1. The number of aromatic amines is 1. The monoisotopic (exact) mass is 340 g/mol. The van der Waals surface area contributed by atoms with Gasteiger partial charge in [-0.2, -0.15) is 0 Å². The molecule has 0 aromatic carbocycles. The van der Waals surface area contributed by atoms with Crippen LogP contribution in [-0.4, -0.2) is 32.4 Å². The summed E-state index contributed by atoms with van der Waals surface area (Å²) < 4.78 is 2.06. The van der Waals surface area contributed by atoms with E-state index in [9.17, 15) is 4.79 Å². The summed E-state index contributed by atoms with van der Waals surface area (Å²) in [6.45, 7) is 3.14. The fourth-order valence-electron chi connectivity index (χ4n) is 2.70. The van der Waals surface area contributed by atoms with Crippen LogP contribution in [-0.2, 0) is 0 Å². The Morgan fingerprint density at radius 1 is 1.46 bits per heavy atom. The minimum Gasteiger partial charge on any atom is -0.366 e. The number of pyridine rings is 1. The Morgan fingerprint density at radius 2 is 2.33 bits per heavy atom. The molecule has 4 heterocycles. The van der Waals surface area contributed by atoms with Crippen molar-refractivity contribution in [1.29, 1.82) is 0 Å². The lowest BCUT2D eigenvalue weighted by Crippen LogP contribution is -2.14. The van der Waals surface area contributed by atoms with Crippen LogP contribution in [0, 0.1) is 6.92 Å². The number of fused-ring (bicyclic) bond motifs is 3. The lowest BCUT2D eigenvalue weighted by atomic mass is 10.2. The van der Waals surface area contributed by atoms with E-state index in [1.807, 2.05) is 31.3 Å². The molecule has 0 spiro atoms.